The Balaban J connectivity index is 2.05. The van der Waals surface area contributed by atoms with Crippen molar-refractivity contribution in [3.05, 3.63) is 69.7 Å². The minimum absolute atomic E-state index is 0.135. The van der Waals surface area contributed by atoms with Crippen LogP contribution in [0.25, 0.3) is 0 Å². The SMILES string of the molecule is COC(=O)c1ccc(CNC(=O)c2cc(F)c(F)cc2Cl)cc1. The Kier molecular flexibility index (Phi) is 5.28. The second-order valence-corrected chi connectivity index (χ2v) is 5.02. The van der Waals surface area contributed by atoms with E-state index in [2.05, 4.69) is 10.1 Å². The zero-order valence-electron chi connectivity index (χ0n) is 12.0. The Morgan fingerprint density at radius 2 is 1.74 bits per heavy atom. The number of amides is 1. The molecular formula is C16H12ClF2NO3. The van der Waals surface area contributed by atoms with Crippen LogP contribution in [0.2, 0.25) is 5.02 Å². The summed E-state index contributed by atoms with van der Waals surface area (Å²) in [5.74, 6) is -3.37. The molecule has 2 rings (SSSR count). The molecule has 120 valence electrons. The molecule has 7 heteroatoms. The lowest BCUT2D eigenvalue weighted by Gasteiger charge is -2.08. The maximum Gasteiger partial charge on any atom is 0.337 e. The van der Waals surface area contributed by atoms with E-state index in [1.165, 1.54) is 7.11 Å². The summed E-state index contributed by atoms with van der Waals surface area (Å²) < 4.78 is 30.7. The molecule has 23 heavy (non-hydrogen) atoms. The summed E-state index contributed by atoms with van der Waals surface area (Å²) in [6.07, 6.45) is 0. The van der Waals surface area contributed by atoms with Crippen LogP contribution in [0.5, 0.6) is 0 Å². The van der Waals surface area contributed by atoms with E-state index in [0.29, 0.717) is 11.1 Å². The van der Waals surface area contributed by atoms with E-state index in [0.717, 1.165) is 12.1 Å². The predicted octanol–water partition coefficient (Wildman–Crippen LogP) is 3.33. The minimum Gasteiger partial charge on any atom is -0.465 e. The van der Waals surface area contributed by atoms with Crippen LogP contribution in [-0.2, 0) is 11.3 Å². The molecule has 2 aromatic carbocycles. The lowest BCUT2D eigenvalue weighted by molar-refractivity contribution is 0.0600. The monoisotopic (exact) mass is 339 g/mol. The number of methoxy groups -OCH3 is 1. The fourth-order valence-corrected chi connectivity index (χ4v) is 2.09. The van der Waals surface area contributed by atoms with Crippen molar-refractivity contribution in [3.8, 4) is 0 Å². The van der Waals surface area contributed by atoms with Crippen LogP contribution in [0.4, 0.5) is 8.78 Å². The Bertz CT molecular complexity index is 748. The number of carbonyl (C=O) groups excluding carboxylic acids is 2. The first-order valence-corrected chi connectivity index (χ1v) is 6.90. The molecule has 0 aliphatic rings. The van der Waals surface area contributed by atoms with Crippen molar-refractivity contribution in [1.82, 2.24) is 5.32 Å². The van der Waals surface area contributed by atoms with Crippen LogP contribution in [0.1, 0.15) is 26.3 Å². The summed E-state index contributed by atoms with van der Waals surface area (Å²) in [7, 11) is 1.28. The third-order valence-corrected chi connectivity index (χ3v) is 3.40. The Morgan fingerprint density at radius 1 is 1.13 bits per heavy atom. The molecule has 0 aliphatic heterocycles. The van der Waals surface area contributed by atoms with Gasteiger partial charge in [-0.15, -0.1) is 0 Å². The van der Waals surface area contributed by atoms with Gasteiger partial charge < -0.3 is 10.1 Å². The van der Waals surface area contributed by atoms with Gasteiger partial charge in [-0.05, 0) is 29.8 Å². The van der Waals surface area contributed by atoms with Gasteiger partial charge in [0.15, 0.2) is 11.6 Å². The molecule has 0 atom stereocenters. The van der Waals surface area contributed by atoms with Gasteiger partial charge in [-0.2, -0.15) is 0 Å². The van der Waals surface area contributed by atoms with Gasteiger partial charge in [-0.3, -0.25) is 4.79 Å². The van der Waals surface area contributed by atoms with Gasteiger partial charge in [0.05, 0.1) is 23.3 Å². The maximum absolute atomic E-state index is 13.2. The van der Waals surface area contributed by atoms with Gasteiger partial charge in [-0.1, -0.05) is 23.7 Å². The smallest absolute Gasteiger partial charge is 0.337 e. The first-order chi connectivity index (χ1) is 10.9. The highest BCUT2D eigenvalue weighted by atomic mass is 35.5. The molecule has 0 spiro atoms. The van der Waals surface area contributed by atoms with Crippen molar-refractivity contribution >= 4 is 23.5 Å². The maximum atomic E-state index is 13.2. The number of nitrogens with one attached hydrogen (secondary N) is 1. The molecule has 0 heterocycles. The molecule has 0 radical (unpaired) electrons. The number of hydrogen-bond donors (Lipinski definition) is 1. The average Bonchev–Trinajstić information content (AvgIpc) is 2.55. The third-order valence-electron chi connectivity index (χ3n) is 3.08. The fraction of sp³-hybridized carbons (Fsp3) is 0.125. The van der Waals surface area contributed by atoms with Gasteiger partial charge in [0.1, 0.15) is 0 Å². The molecule has 0 unspecified atom stereocenters. The van der Waals surface area contributed by atoms with E-state index in [4.69, 9.17) is 11.6 Å². The molecule has 0 saturated heterocycles. The summed E-state index contributed by atoms with van der Waals surface area (Å²) in [5.41, 5.74) is 0.938. The van der Waals surface area contributed by atoms with Crippen molar-refractivity contribution in [2.24, 2.45) is 0 Å². The molecule has 1 amide bonds. The molecule has 0 aliphatic carbocycles. The normalized spacial score (nSPS) is 10.3. The van der Waals surface area contributed by atoms with Crippen LogP contribution in [0.3, 0.4) is 0 Å². The van der Waals surface area contributed by atoms with Crippen molar-refractivity contribution in [3.63, 3.8) is 0 Å². The first-order valence-electron chi connectivity index (χ1n) is 6.52. The van der Waals surface area contributed by atoms with Crippen LogP contribution in [0, 0.1) is 11.6 Å². The molecule has 0 fully saturated rings. The summed E-state index contributed by atoms with van der Waals surface area (Å²) in [6.45, 7) is 0.135. The van der Waals surface area contributed by atoms with Crippen molar-refractivity contribution < 1.29 is 23.1 Å². The summed E-state index contributed by atoms with van der Waals surface area (Å²) in [4.78, 5) is 23.3. The second-order valence-electron chi connectivity index (χ2n) is 4.62. The van der Waals surface area contributed by atoms with Crippen LogP contribution in [-0.4, -0.2) is 19.0 Å². The van der Waals surface area contributed by atoms with E-state index in [1.54, 1.807) is 24.3 Å². The van der Waals surface area contributed by atoms with Crippen molar-refractivity contribution in [2.75, 3.05) is 7.11 Å². The zero-order valence-corrected chi connectivity index (χ0v) is 12.8. The van der Waals surface area contributed by atoms with Gasteiger partial charge in [-0.25, -0.2) is 13.6 Å². The van der Waals surface area contributed by atoms with Gasteiger partial charge in [0, 0.05) is 6.54 Å². The van der Waals surface area contributed by atoms with Gasteiger partial charge >= 0.3 is 5.97 Å². The second kappa shape index (κ2) is 7.19. The minimum atomic E-state index is -1.15. The molecule has 0 aromatic heterocycles. The number of hydrogen-bond acceptors (Lipinski definition) is 3. The summed E-state index contributed by atoms with van der Waals surface area (Å²) in [5, 5.41) is 2.36. The van der Waals surface area contributed by atoms with E-state index in [1.807, 2.05) is 0 Å². The van der Waals surface area contributed by atoms with Crippen LogP contribution < -0.4 is 5.32 Å². The first kappa shape index (κ1) is 16.9. The summed E-state index contributed by atoms with van der Waals surface area (Å²) >= 11 is 5.73. The lowest BCUT2D eigenvalue weighted by Crippen LogP contribution is -2.23. The number of rotatable bonds is 4. The van der Waals surface area contributed by atoms with E-state index in [-0.39, 0.29) is 17.1 Å². The highest BCUT2D eigenvalue weighted by molar-refractivity contribution is 6.33. The highest BCUT2D eigenvalue weighted by Gasteiger charge is 2.15. The molecular weight excluding hydrogens is 328 g/mol. The molecule has 0 bridgehead atoms. The Labute approximate surface area is 136 Å². The molecule has 2 aromatic rings. The number of ether oxygens (including phenoxy) is 1. The number of carbonyl (C=O) groups is 2. The van der Waals surface area contributed by atoms with Crippen molar-refractivity contribution in [2.45, 2.75) is 6.54 Å². The zero-order chi connectivity index (χ0) is 17.0. The van der Waals surface area contributed by atoms with E-state index >= 15 is 0 Å². The fourth-order valence-electron chi connectivity index (χ4n) is 1.85. The van der Waals surface area contributed by atoms with E-state index in [9.17, 15) is 18.4 Å². The predicted molar refractivity (Wildman–Crippen MR) is 80.3 cm³/mol. The molecule has 4 nitrogen and oxygen atoms in total. The third kappa shape index (κ3) is 4.04. The Morgan fingerprint density at radius 3 is 2.35 bits per heavy atom. The summed E-state index contributed by atoms with van der Waals surface area (Å²) in [6, 6.07) is 7.87. The van der Waals surface area contributed by atoms with Crippen molar-refractivity contribution in [1.29, 1.82) is 0 Å². The quantitative estimate of drug-likeness (QED) is 0.686. The number of benzene rings is 2. The van der Waals surface area contributed by atoms with Gasteiger partial charge in [0.25, 0.3) is 5.91 Å². The number of esters is 1. The van der Waals surface area contributed by atoms with Crippen LogP contribution >= 0.6 is 11.6 Å². The Hall–Kier alpha value is -2.47. The lowest BCUT2D eigenvalue weighted by atomic mass is 10.1. The largest absolute Gasteiger partial charge is 0.465 e. The van der Waals surface area contributed by atoms with E-state index < -0.39 is 23.5 Å². The van der Waals surface area contributed by atoms with Gasteiger partial charge in [0.2, 0.25) is 0 Å². The highest BCUT2D eigenvalue weighted by Crippen LogP contribution is 2.20. The van der Waals surface area contributed by atoms with Crippen LogP contribution in [0.15, 0.2) is 36.4 Å². The standard InChI is InChI=1S/C16H12ClF2NO3/c1-23-16(22)10-4-2-9(3-5-10)8-20-15(21)11-6-13(18)14(19)7-12(11)17/h2-7H,8H2,1H3,(H,20,21). The molecule has 0 saturated carbocycles. The number of halogens is 3. The topological polar surface area (TPSA) is 55.4 Å². The molecule has 1 N–H and O–H groups in total. The average molecular weight is 340 g/mol.